The van der Waals surface area contributed by atoms with Gasteiger partial charge in [0.05, 0.1) is 12.2 Å². The largest absolute Gasteiger partial charge is 0.465 e. The van der Waals surface area contributed by atoms with Gasteiger partial charge in [-0.25, -0.2) is 4.79 Å². The van der Waals surface area contributed by atoms with Crippen LogP contribution >= 0.6 is 0 Å². The zero-order valence-corrected chi connectivity index (χ0v) is 20.0. The van der Waals surface area contributed by atoms with Crippen molar-refractivity contribution in [2.45, 2.75) is 89.8 Å². The topological polar surface area (TPSA) is 44.8 Å². The van der Waals surface area contributed by atoms with E-state index in [0.29, 0.717) is 23.0 Å². The molecule has 1 atom stereocenters. The van der Waals surface area contributed by atoms with E-state index in [0.717, 1.165) is 31.8 Å². The summed E-state index contributed by atoms with van der Waals surface area (Å²) in [6.45, 7) is 3.02. The van der Waals surface area contributed by atoms with Crippen molar-refractivity contribution in [1.82, 2.24) is 0 Å². The lowest BCUT2D eigenvalue weighted by atomic mass is 9.77. The smallest absolute Gasteiger partial charge is 0.343 e. The highest BCUT2D eigenvalue weighted by Gasteiger charge is 2.22. The molecule has 2 fully saturated rings. The van der Waals surface area contributed by atoms with Gasteiger partial charge in [0.1, 0.15) is 11.5 Å². The Morgan fingerprint density at radius 2 is 1.61 bits per heavy atom. The third-order valence-electron chi connectivity index (χ3n) is 7.12. The average Bonchev–Trinajstić information content (AvgIpc) is 2.86. The van der Waals surface area contributed by atoms with E-state index in [9.17, 15) is 4.79 Å². The molecule has 1 aliphatic heterocycles. The van der Waals surface area contributed by atoms with E-state index in [-0.39, 0.29) is 12.3 Å². The number of benzene rings is 2. The number of ether oxygens (including phenoxy) is 3. The van der Waals surface area contributed by atoms with E-state index < -0.39 is 0 Å². The molecule has 4 heteroatoms. The van der Waals surface area contributed by atoms with Crippen molar-refractivity contribution in [2.24, 2.45) is 5.92 Å². The SMILES string of the molecule is CCCCC[C@H]1CC[C@H](c2ccc(OC(=O)c3ccc(OC4CCCCO4)cc3)cc2)CC1. The van der Waals surface area contributed by atoms with Crippen LogP contribution in [0, 0.1) is 5.92 Å². The molecule has 33 heavy (non-hydrogen) atoms. The van der Waals surface area contributed by atoms with Crippen LogP contribution in [0.15, 0.2) is 48.5 Å². The van der Waals surface area contributed by atoms with Gasteiger partial charge in [-0.2, -0.15) is 0 Å². The number of carbonyl (C=O) groups excluding carboxylic acids is 1. The second-order valence-corrected chi connectivity index (χ2v) is 9.61. The predicted molar refractivity (Wildman–Crippen MR) is 131 cm³/mol. The zero-order chi connectivity index (χ0) is 22.9. The molecule has 2 aliphatic rings. The lowest BCUT2D eigenvalue weighted by Gasteiger charge is -2.29. The number of rotatable bonds is 9. The van der Waals surface area contributed by atoms with Crippen LogP contribution in [-0.4, -0.2) is 18.9 Å². The Bertz CT molecular complexity index is 844. The van der Waals surface area contributed by atoms with Crippen LogP contribution in [0.1, 0.15) is 99.4 Å². The van der Waals surface area contributed by atoms with E-state index in [4.69, 9.17) is 14.2 Å². The van der Waals surface area contributed by atoms with E-state index in [1.54, 1.807) is 24.3 Å². The monoisotopic (exact) mass is 450 g/mol. The second-order valence-electron chi connectivity index (χ2n) is 9.61. The van der Waals surface area contributed by atoms with Gasteiger partial charge in [0.15, 0.2) is 6.29 Å². The molecular weight excluding hydrogens is 412 g/mol. The fourth-order valence-corrected chi connectivity index (χ4v) is 5.07. The van der Waals surface area contributed by atoms with Crippen molar-refractivity contribution in [2.75, 3.05) is 6.61 Å². The third-order valence-corrected chi connectivity index (χ3v) is 7.12. The molecule has 1 saturated heterocycles. The van der Waals surface area contributed by atoms with Gasteiger partial charge in [0.25, 0.3) is 0 Å². The fourth-order valence-electron chi connectivity index (χ4n) is 5.07. The van der Waals surface area contributed by atoms with Crippen molar-refractivity contribution in [3.05, 3.63) is 59.7 Å². The first kappa shape index (κ1) is 23.8. The van der Waals surface area contributed by atoms with Gasteiger partial charge in [-0.1, -0.05) is 44.7 Å². The van der Waals surface area contributed by atoms with E-state index in [1.807, 2.05) is 12.1 Å². The molecule has 1 saturated carbocycles. The Morgan fingerprint density at radius 1 is 0.879 bits per heavy atom. The predicted octanol–water partition coefficient (Wildman–Crippen LogP) is 7.67. The maximum atomic E-state index is 12.6. The molecule has 1 aliphatic carbocycles. The van der Waals surface area contributed by atoms with Crippen LogP contribution in [0.4, 0.5) is 0 Å². The summed E-state index contributed by atoms with van der Waals surface area (Å²) in [6.07, 6.45) is 13.6. The normalized spacial score (nSPS) is 23.1. The van der Waals surface area contributed by atoms with Crippen LogP contribution in [-0.2, 0) is 4.74 Å². The molecule has 1 unspecified atom stereocenters. The Hall–Kier alpha value is -2.33. The molecule has 0 N–H and O–H groups in total. The van der Waals surface area contributed by atoms with Gasteiger partial charge in [0.2, 0.25) is 0 Å². The minimum atomic E-state index is -0.351. The van der Waals surface area contributed by atoms with Crippen LogP contribution in [0.3, 0.4) is 0 Å². The van der Waals surface area contributed by atoms with Gasteiger partial charge in [0, 0.05) is 6.42 Å². The van der Waals surface area contributed by atoms with Crippen molar-refractivity contribution < 1.29 is 19.0 Å². The Labute approximate surface area is 198 Å². The number of esters is 1. The van der Waals surface area contributed by atoms with Gasteiger partial charge in [-0.3, -0.25) is 0 Å². The maximum absolute atomic E-state index is 12.6. The summed E-state index contributed by atoms with van der Waals surface area (Å²) in [7, 11) is 0. The Kier molecular flexibility index (Phi) is 8.82. The zero-order valence-electron chi connectivity index (χ0n) is 20.0. The number of unbranched alkanes of at least 4 members (excludes halogenated alkanes) is 2. The lowest BCUT2D eigenvalue weighted by Crippen LogP contribution is -2.24. The van der Waals surface area contributed by atoms with Crippen molar-refractivity contribution in [1.29, 1.82) is 0 Å². The standard InChI is InChI=1S/C29H38O4/c1-2-3-4-7-22-9-11-23(12-10-22)24-13-17-27(18-14-24)33-29(30)25-15-19-26(20-16-25)32-28-8-5-6-21-31-28/h13-20,22-23,28H,2-12,21H2,1H3/t22-,23-,28?. The van der Waals surface area contributed by atoms with E-state index in [1.165, 1.54) is 56.9 Å². The molecule has 0 amide bonds. The molecule has 0 spiro atoms. The summed E-state index contributed by atoms with van der Waals surface area (Å²) >= 11 is 0. The molecular formula is C29H38O4. The molecule has 1 heterocycles. The molecule has 0 radical (unpaired) electrons. The highest BCUT2D eigenvalue weighted by molar-refractivity contribution is 5.91. The lowest BCUT2D eigenvalue weighted by molar-refractivity contribution is -0.105. The highest BCUT2D eigenvalue weighted by Crippen LogP contribution is 2.38. The number of hydrogen-bond donors (Lipinski definition) is 0. The van der Waals surface area contributed by atoms with Gasteiger partial charge in [-0.15, -0.1) is 0 Å². The molecule has 2 aromatic carbocycles. The summed E-state index contributed by atoms with van der Waals surface area (Å²) in [6, 6.07) is 15.2. The van der Waals surface area contributed by atoms with Crippen LogP contribution in [0.2, 0.25) is 0 Å². The van der Waals surface area contributed by atoms with Crippen LogP contribution in [0.5, 0.6) is 11.5 Å². The molecule has 0 aromatic heterocycles. The summed E-state index contributed by atoms with van der Waals surface area (Å²) in [5.74, 6) is 2.50. The number of hydrogen-bond acceptors (Lipinski definition) is 4. The third kappa shape index (κ3) is 7.07. The van der Waals surface area contributed by atoms with Crippen molar-refractivity contribution >= 4 is 5.97 Å². The first-order valence-electron chi connectivity index (χ1n) is 12.9. The van der Waals surface area contributed by atoms with Crippen molar-refractivity contribution in [3.8, 4) is 11.5 Å². The minimum Gasteiger partial charge on any atom is -0.465 e. The first-order chi connectivity index (χ1) is 16.2. The van der Waals surface area contributed by atoms with Gasteiger partial charge in [-0.05, 0) is 92.3 Å². The van der Waals surface area contributed by atoms with Gasteiger partial charge < -0.3 is 14.2 Å². The molecule has 0 bridgehead atoms. The molecule has 4 nitrogen and oxygen atoms in total. The van der Waals surface area contributed by atoms with Gasteiger partial charge >= 0.3 is 5.97 Å². The summed E-state index contributed by atoms with van der Waals surface area (Å²) in [4.78, 5) is 12.6. The molecule has 2 aromatic rings. The average molecular weight is 451 g/mol. The fraction of sp³-hybridized carbons (Fsp3) is 0.552. The second kappa shape index (κ2) is 12.2. The Morgan fingerprint density at radius 3 is 2.27 bits per heavy atom. The van der Waals surface area contributed by atoms with E-state index in [2.05, 4.69) is 19.1 Å². The quantitative estimate of drug-likeness (QED) is 0.223. The number of carbonyl (C=O) groups is 1. The molecule has 178 valence electrons. The van der Waals surface area contributed by atoms with Crippen LogP contribution in [0.25, 0.3) is 0 Å². The Balaban J connectivity index is 1.24. The molecule has 4 rings (SSSR count). The summed E-state index contributed by atoms with van der Waals surface area (Å²) in [5.41, 5.74) is 1.88. The summed E-state index contributed by atoms with van der Waals surface area (Å²) < 4.78 is 17.0. The van der Waals surface area contributed by atoms with Crippen LogP contribution < -0.4 is 9.47 Å². The minimum absolute atomic E-state index is 0.189. The van der Waals surface area contributed by atoms with E-state index >= 15 is 0 Å². The maximum Gasteiger partial charge on any atom is 0.343 e. The first-order valence-corrected chi connectivity index (χ1v) is 12.9. The van der Waals surface area contributed by atoms with Crippen molar-refractivity contribution in [3.63, 3.8) is 0 Å². The highest BCUT2D eigenvalue weighted by atomic mass is 16.7. The summed E-state index contributed by atoms with van der Waals surface area (Å²) in [5, 5.41) is 0.